The van der Waals surface area contributed by atoms with E-state index >= 15 is 0 Å². The highest BCUT2D eigenvalue weighted by Crippen LogP contribution is 2.17. The Bertz CT molecular complexity index is 381. The average molecular weight is 208 g/mol. The Balaban J connectivity index is 2.11. The molecule has 0 bridgehead atoms. The van der Waals surface area contributed by atoms with Crippen LogP contribution in [0.5, 0.6) is 0 Å². The molecule has 1 aromatic rings. The Morgan fingerprint density at radius 1 is 1.27 bits per heavy atom. The van der Waals surface area contributed by atoms with Crippen LogP contribution >= 0.6 is 0 Å². The van der Waals surface area contributed by atoms with Crippen molar-refractivity contribution >= 4 is 11.8 Å². The third kappa shape index (κ3) is 2.03. The van der Waals surface area contributed by atoms with Crippen molar-refractivity contribution in [3.63, 3.8) is 0 Å². The predicted octanol–water partition coefficient (Wildman–Crippen LogP) is 1.11. The van der Waals surface area contributed by atoms with Gasteiger partial charge in [-0.2, -0.15) is 0 Å². The number of carbonyl (C=O) groups excluding carboxylic acids is 2. The summed E-state index contributed by atoms with van der Waals surface area (Å²) in [6.07, 6.45) is 0.290. The first-order chi connectivity index (χ1) is 7.16. The van der Waals surface area contributed by atoms with Gasteiger partial charge in [0.2, 0.25) is 0 Å². The first kappa shape index (κ1) is 9.83. The zero-order valence-electron chi connectivity index (χ0n) is 7.90. The van der Waals surface area contributed by atoms with Gasteiger partial charge in [0.05, 0.1) is 0 Å². The van der Waals surface area contributed by atoms with Crippen LogP contribution < -0.4 is 0 Å². The van der Waals surface area contributed by atoms with Crippen LogP contribution in [0.2, 0.25) is 0 Å². The molecule has 4 heteroatoms. The summed E-state index contributed by atoms with van der Waals surface area (Å²) in [4.78, 5) is 22.4. The second kappa shape index (κ2) is 3.81. The number of benzene rings is 1. The minimum Gasteiger partial charge on any atom is -0.457 e. The van der Waals surface area contributed by atoms with Crippen LogP contribution in [0.3, 0.4) is 0 Å². The van der Waals surface area contributed by atoms with E-state index in [1.165, 1.54) is 12.1 Å². The van der Waals surface area contributed by atoms with Gasteiger partial charge in [0.15, 0.2) is 12.4 Å². The third-order valence-electron chi connectivity index (χ3n) is 2.38. The third-order valence-corrected chi connectivity index (χ3v) is 2.38. The van der Waals surface area contributed by atoms with Crippen molar-refractivity contribution in [2.45, 2.75) is 6.42 Å². The van der Waals surface area contributed by atoms with Crippen molar-refractivity contribution in [1.29, 1.82) is 0 Å². The molecule has 1 heterocycles. The summed E-state index contributed by atoms with van der Waals surface area (Å²) < 4.78 is 17.2. The fraction of sp³-hybridized carbons (Fsp3) is 0.273. The maximum absolute atomic E-state index is 12.6. The summed E-state index contributed by atoms with van der Waals surface area (Å²) in [6, 6.07) is 5.74. The van der Waals surface area contributed by atoms with E-state index in [4.69, 9.17) is 0 Å². The van der Waals surface area contributed by atoms with Crippen LogP contribution in [0, 0.1) is 11.7 Å². The average Bonchev–Trinajstić information content (AvgIpc) is 2.53. The second-order valence-corrected chi connectivity index (χ2v) is 3.46. The number of cyclic esters (lactones) is 1. The molecular weight excluding hydrogens is 199 g/mol. The van der Waals surface area contributed by atoms with Crippen molar-refractivity contribution < 1.29 is 18.7 Å². The molecule has 0 radical (unpaired) electrons. The van der Waals surface area contributed by atoms with Crippen LogP contribution in [0.1, 0.15) is 5.56 Å². The molecule has 0 saturated carbocycles. The van der Waals surface area contributed by atoms with Crippen molar-refractivity contribution in [2.75, 3.05) is 6.61 Å². The maximum Gasteiger partial charge on any atom is 0.317 e. The number of rotatable bonds is 2. The molecule has 0 N–H and O–H groups in total. The summed E-state index contributed by atoms with van der Waals surface area (Å²) >= 11 is 0. The number of hydrogen-bond acceptors (Lipinski definition) is 3. The number of ketones is 1. The fourth-order valence-corrected chi connectivity index (χ4v) is 1.53. The van der Waals surface area contributed by atoms with Gasteiger partial charge in [-0.15, -0.1) is 0 Å². The van der Waals surface area contributed by atoms with E-state index in [9.17, 15) is 14.0 Å². The SMILES string of the molecule is O=C1COC(=O)C1Cc1ccc(F)cc1. The highest BCUT2D eigenvalue weighted by atomic mass is 19.1. The molecule has 1 unspecified atom stereocenters. The molecule has 1 fully saturated rings. The van der Waals surface area contributed by atoms with Gasteiger partial charge in [-0.1, -0.05) is 12.1 Å². The number of ether oxygens (including phenoxy) is 1. The highest BCUT2D eigenvalue weighted by molar-refractivity contribution is 6.04. The molecule has 1 aliphatic heterocycles. The highest BCUT2D eigenvalue weighted by Gasteiger charge is 2.34. The van der Waals surface area contributed by atoms with Gasteiger partial charge in [-0.25, -0.2) is 4.39 Å². The van der Waals surface area contributed by atoms with Gasteiger partial charge in [0.1, 0.15) is 11.7 Å². The predicted molar refractivity (Wildman–Crippen MR) is 49.6 cm³/mol. The first-order valence-corrected chi connectivity index (χ1v) is 4.60. The molecule has 2 rings (SSSR count). The number of halogens is 1. The molecular formula is C11H9FO3. The summed E-state index contributed by atoms with van der Waals surface area (Å²) in [7, 11) is 0. The van der Waals surface area contributed by atoms with Gasteiger partial charge >= 0.3 is 5.97 Å². The summed E-state index contributed by atoms with van der Waals surface area (Å²) in [5.74, 6) is -1.73. The zero-order chi connectivity index (χ0) is 10.8. The molecule has 1 atom stereocenters. The topological polar surface area (TPSA) is 43.4 Å². The lowest BCUT2D eigenvalue weighted by atomic mass is 9.97. The van der Waals surface area contributed by atoms with Crippen molar-refractivity contribution in [3.05, 3.63) is 35.6 Å². The Hall–Kier alpha value is -1.71. The molecule has 3 nitrogen and oxygen atoms in total. The summed E-state index contributed by atoms with van der Waals surface area (Å²) in [6.45, 7) is -0.134. The van der Waals surface area contributed by atoms with E-state index in [1.807, 2.05) is 0 Å². The number of carbonyl (C=O) groups is 2. The molecule has 78 valence electrons. The van der Waals surface area contributed by atoms with E-state index in [1.54, 1.807) is 12.1 Å². The molecule has 0 aliphatic carbocycles. The normalized spacial score (nSPS) is 20.5. The number of Topliss-reactive ketones (excluding diaryl/α,β-unsaturated/α-hetero) is 1. The first-order valence-electron chi connectivity index (χ1n) is 4.60. The molecule has 0 spiro atoms. The molecule has 0 amide bonds. The smallest absolute Gasteiger partial charge is 0.317 e. The van der Waals surface area contributed by atoms with Gasteiger partial charge in [0, 0.05) is 0 Å². The standard InChI is InChI=1S/C11H9FO3/c12-8-3-1-7(2-4-8)5-9-10(13)6-15-11(9)14/h1-4,9H,5-6H2. The largest absolute Gasteiger partial charge is 0.457 e. The van der Waals surface area contributed by atoms with Gasteiger partial charge in [-0.05, 0) is 24.1 Å². The van der Waals surface area contributed by atoms with E-state index in [2.05, 4.69) is 4.74 Å². The molecule has 1 aliphatic rings. The minimum atomic E-state index is -0.713. The van der Waals surface area contributed by atoms with Crippen molar-refractivity contribution in [2.24, 2.45) is 5.92 Å². The van der Waals surface area contributed by atoms with E-state index in [0.717, 1.165) is 5.56 Å². The van der Waals surface area contributed by atoms with Gasteiger partial charge in [0.25, 0.3) is 0 Å². The quantitative estimate of drug-likeness (QED) is 0.540. The summed E-state index contributed by atoms with van der Waals surface area (Å²) in [5.41, 5.74) is 0.758. The number of esters is 1. The van der Waals surface area contributed by atoms with Crippen LogP contribution in [0.15, 0.2) is 24.3 Å². The Labute approximate surface area is 85.9 Å². The van der Waals surface area contributed by atoms with Crippen LogP contribution in [-0.2, 0) is 20.7 Å². The van der Waals surface area contributed by atoms with E-state index in [-0.39, 0.29) is 24.6 Å². The summed E-state index contributed by atoms with van der Waals surface area (Å²) in [5, 5.41) is 0. The van der Waals surface area contributed by atoms with Crippen molar-refractivity contribution in [3.8, 4) is 0 Å². The molecule has 1 aromatic carbocycles. The fourth-order valence-electron chi connectivity index (χ4n) is 1.53. The lowest BCUT2D eigenvalue weighted by Gasteiger charge is -2.03. The monoisotopic (exact) mass is 208 g/mol. The van der Waals surface area contributed by atoms with Crippen LogP contribution in [0.25, 0.3) is 0 Å². The van der Waals surface area contributed by atoms with Crippen LogP contribution in [-0.4, -0.2) is 18.4 Å². The van der Waals surface area contributed by atoms with E-state index < -0.39 is 11.9 Å². The Morgan fingerprint density at radius 3 is 2.47 bits per heavy atom. The van der Waals surface area contributed by atoms with Gasteiger partial charge in [-0.3, -0.25) is 9.59 Å². The molecule has 1 saturated heterocycles. The Morgan fingerprint density at radius 2 is 1.93 bits per heavy atom. The van der Waals surface area contributed by atoms with Crippen LogP contribution in [0.4, 0.5) is 4.39 Å². The lowest BCUT2D eigenvalue weighted by molar-refractivity contribution is -0.141. The molecule has 0 aromatic heterocycles. The van der Waals surface area contributed by atoms with Crippen molar-refractivity contribution in [1.82, 2.24) is 0 Å². The number of hydrogen-bond donors (Lipinski definition) is 0. The zero-order valence-corrected chi connectivity index (χ0v) is 7.90. The lowest BCUT2D eigenvalue weighted by Crippen LogP contribution is -2.18. The second-order valence-electron chi connectivity index (χ2n) is 3.46. The molecule has 15 heavy (non-hydrogen) atoms. The maximum atomic E-state index is 12.6. The van der Waals surface area contributed by atoms with Gasteiger partial charge < -0.3 is 4.74 Å². The van der Waals surface area contributed by atoms with E-state index in [0.29, 0.717) is 0 Å². The minimum absolute atomic E-state index is 0.134. The Kier molecular flexibility index (Phi) is 2.49.